The van der Waals surface area contributed by atoms with Crippen molar-refractivity contribution in [3.63, 3.8) is 0 Å². The fourth-order valence-corrected chi connectivity index (χ4v) is 2.86. The molecular weight excluding hydrogens is 316 g/mol. The van der Waals surface area contributed by atoms with Crippen molar-refractivity contribution in [1.82, 2.24) is 19.3 Å². The highest BCUT2D eigenvalue weighted by Gasteiger charge is 2.23. The van der Waals surface area contributed by atoms with Crippen LogP contribution < -0.4 is 0 Å². The molecule has 0 unspecified atom stereocenters. The molecule has 2 heterocycles. The Morgan fingerprint density at radius 1 is 1.24 bits per heavy atom. The van der Waals surface area contributed by atoms with Crippen LogP contribution in [0, 0.1) is 6.92 Å². The molecule has 2 aromatic heterocycles. The van der Waals surface area contributed by atoms with Gasteiger partial charge >= 0.3 is 5.97 Å². The van der Waals surface area contributed by atoms with Crippen LogP contribution in [0.25, 0.3) is 0 Å². The lowest BCUT2D eigenvalue weighted by molar-refractivity contribution is 0.0249. The van der Waals surface area contributed by atoms with E-state index in [-0.39, 0.29) is 5.97 Å². The largest absolute Gasteiger partial charge is 0.451 e. The maximum Gasteiger partial charge on any atom is 0.342 e. The Balaban J connectivity index is 1.78. The van der Waals surface area contributed by atoms with Gasteiger partial charge in [0.25, 0.3) is 0 Å². The molecule has 3 aromatic rings. The zero-order chi connectivity index (χ0) is 17.8. The van der Waals surface area contributed by atoms with Crippen LogP contribution in [0.3, 0.4) is 0 Å². The normalized spacial score (nSPS) is 12.1. The molecule has 0 fully saturated rings. The van der Waals surface area contributed by atoms with E-state index in [0.29, 0.717) is 17.7 Å². The van der Waals surface area contributed by atoms with Gasteiger partial charge in [-0.25, -0.2) is 9.78 Å². The van der Waals surface area contributed by atoms with Crippen molar-refractivity contribution in [2.75, 3.05) is 0 Å². The predicted molar refractivity (Wildman–Crippen MR) is 94.1 cm³/mol. The van der Waals surface area contributed by atoms with Crippen molar-refractivity contribution in [3.05, 3.63) is 71.6 Å². The Bertz CT molecular complexity index is 851. The summed E-state index contributed by atoms with van der Waals surface area (Å²) in [5.74, 6) is 0.373. The summed E-state index contributed by atoms with van der Waals surface area (Å²) in [4.78, 5) is 17.0. The first-order chi connectivity index (χ1) is 12.0. The molecule has 0 aliphatic rings. The van der Waals surface area contributed by atoms with Gasteiger partial charge in [-0.05, 0) is 25.3 Å². The molecule has 6 nitrogen and oxygen atoms in total. The van der Waals surface area contributed by atoms with E-state index in [9.17, 15) is 4.79 Å². The van der Waals surface area contributed by atoms with E-state index in [0.717, 1.165) is 12.2 Å². The minimum Gasteiger partial charge on any atom is -0.451 e. The van der Waals surface area contributed by atoms with E-state index >= 15 is 0 Å². The molecule has 0 amide bonds. The number of aryl methyl sites for hydroxylation is 4. The molecule has 6 heteroatoms. The molecule has 0 aliphatic carbocycles. The van der Waals surface area contributed by atoms with Gasteiger partial charge in [-0.2, -0.15) is 5.10 Å². The number of hydrogen-bond donors (Lipinski definition) is 0. The number of hydrogen-bond acceptors (Lipinski definition) is 4. The first-order valence-corrected chi connectivity index (χ1v) is 8.27. The number of ether oxygens (including phenoxy) is 1. The van der Waals surface area contributed by atoms with E-state index in [1.54, 1.807) is 31.0 Å². The maximum atomic E-state index is 12.6. The Kier molecular flexibility index (Phi) is 4.97. The van der Waals surface area contributed by atoms with Gasteiger partial charge in [0.05, 0.1) is 5.69 Å². The molecular formula is C19H22N4O2. The number of benzene rings is 1. The lowest BCUT2D eigenvalue weighted by Gasteiger charge is -2.17. The number of esters is 1. The molecule has 1 aromatic carbocycles. The quantitative estimate of drug-likeness (QED) is 0.648. The van der Waals surface area contributed by atoms with Gasteiger partial charge in [-0.3, -0.25) is 4.68 Å². The van der Waals surface area contributed by atoms with E-state index in [1.807, 2.05) is 36.0 Å². The van der Waals surface area contributed by atoms with Crippen LogP contribution in [0.5, 0.6) is 0 Å². The second kappa shape index (κ2) is 7.34. The zero-order valence-electron chi connectivity index (χ0n) is 14.7. The third-order valence-electron chi connectivity index (χ3n) is 4.17. The van der Waals surface area contributed by atoms with Crippen molar-refractivity contribution < 1.29 is 9.53 Å². The Morgan fingerprint density at radius 3 is 2.60 bits per heavy atom. The van der Waals surface area contributed by atoms with Crippen molar-refractivity contribution in [2.24, 2.45) is 14.1 Å². The van der Waals surface area contributed by atoms with Gasteiger partial charge in [0.1, 0.15) is 11.4 Å². The topological polar surface area (TPSA) is 61.9 Å². The van der Waals surface area contributed by atoms with Crippen LogP contribution in [-0.4, -0.2) is 25.3 Å². The Hall–Kier alpha value is -2.89. The summed E-state index contributed by atoms with van der Waals surface area (Å²) in [6.07, 6.45) is 6.32. The molecule has 0 radical (unpaired) electrons. The molecule has 130 valence electrons. The SMILES string of the molecule is Cc1nn(C)cc1C(=O)O[C@@H](CCc1ccccc1)c1nccn1C. The smallest absolute Gasteiger partial charge is 0.342 e. The van der Waals surface area contributed by atoms with Crippen molar-refractivity contribution in [3.8, 4) is 0 Å². The minimum atomic E-state index is -0.410. The second-order valence-electron chi connectivity index (χ2n) is 6.12. The van der Waals surface area contributed by atoms with Crippen LogP contribution in [0.2, 0.25) is 0 Å². The van der Waals surface area contributed by atoms with Crippen LogP contribution in [0.4, 0.5) is 0 Å². The van der Waals surface area contributed by atoms with Crippen molar-refractivity contribution in [1.29, 1.82) is 0 Å². The Morgan fingerprint density at radius 2 is 2.00 bits per heavy atom. The summed E-state index contributed by atoms with van der Waals surface area (Å²) in [6.45, 7) is 1.80. The van der Waals surface area contributed by atoms with E-state index in [2.05, 4.69) is 22.2 Å². The highest BCUT2D eigenvalue weighted by molar-refractivity contribution is 5.90. The van der Waals surface area contributed by atoms with E-state index in [4.69, 9.17) is 4.74 Å². The molecule has 0 bridgehead atoms. The van der Waals surface area contributed by atoms with Gasteiger partial charge in [-0.1, -0.05) is 30.3 Å². The van der Waals surface area contributed by atoms with Gasteiger partial charge in [0.2, 0.25) is 0 Å². The fourth-order valence-electron chi connectivity index (χ4n) is 2.86. The second-order valence-corrected chi connectivity index (χ2v) is 6.12. The van der Waals surface area contributed by atoms with Crippen molar-refractivity contribution >= 4 is 5.97 Å². The highest BCUT2D eigenvalue weighted by Crippen LogP contribution is 2.24. The molecule has 0 saturated heterocycles. The molecule has 0 spiro atoms. The predicted octanol–water partition coefficient (Wildman–Crippen LogP) is 2.99. The first kappa shape index (κ1) is 17.0. The summed E-state index contributed by atoms with van der Waals surface area (Å²) in [5, 5.41) is 4.21. The van der Waals surface area contributed by atoms with Gasteiger partial charge in [0.15, 0.2) is 6.10 Å². The van der Waals surface area contributed by atoms with Crippen LogP contribution in [-0.2, 0) is 25.3 Å². The van der Waals surface area contributed by atoms with Crippen molar-refractivity contribution in [2.45, 2.75) is 25.9 Å². The highest BCUT2D eigenvalue weighted by atomic mass is 16.5. The number of rotatable bonds is 6. The first-order valence-electron chi connectivity index (χ1n) is 8.27. The number of imidazole rings is 1. The Labute approximate surface area is 147 Å². The number of carbonyl (C=O) groups is 1. The van der Waals surface area contributed by atoms with Crippen LogP contribution >= 0.6 is 0 Å². The average molecular weight is 338 g/mol. The lowest BCUT2D eigenvalue weighted by atomic mass is 10.1. The summed E-state index contributed by atoms with van der Waals surface area (Å²) in [6, 6.07) is 10.2. The van der Waals surface area contributed by atoms with Crippen LogP contribution in [0.1, 0.15) is 40.0 Å². The van der Waals surface area contributed by atoms with Gasteiger partial charge < -0.3 is 9.30 Å². The van der Waals surface area contributed by atoms with Crippen LogP contribution in [0.15, 0.2) is 48.9 Å². The number of aromatic nitrogens is 4. The monoisotopic (exact) mass is 338 g/mol. The third-order valence-corrected chi connectivity index (χ3v) is 4.17. The molecule has 25 heavy (non-hydrogen) atoms. The number of nitrogens with zero attached hydrogens (tertiary/aromatic N) is 4. The molecule has 0 N–H and O–H groups in total. The van der Waals surface area contributed by atoms with Gasteiger partial charge in [-0.15, -0.1) is 0 Å². The third kappa shape index (κ3) is 3.96. The molecule has 0 aliphatic heterocycles. The summed E-state index contributed by atoms with van der Waals surface area (Å²) < 4.78 is 9.31. The standard InChI is InChI=1S/C19H22N4O2/c1-14-16(13-23(3)21-14)19(24)25-17(18-20-11-12-22(18)2)10-9-15-7-5-4-6-8-15/h4-8,11-13,17H,9-10H2,1-3H3/t17-/m0/s1. The summed E-state index contributed by atoms with van der Waals surface area (Å²) in [5.41, 5.74) is 2.35. The molecule has 3 rings (SSSR count). The molecule has 1 atom stereocenters. The average Bonchev–Trinajstić information content (AvgIpc) is 3.17. The van der Waals surface area contributed by atoms with Gasteiger partial charge in [0, 0.05) is 32.7 Å². The molecule has 0 saturated carbocycles. The maximum absolute atomic E-state index is 12.6. The van der Waals surface area contributed by atoms with E-state index in [1.165, 1.54) is 5.56 Å². The zero-order valence-corrected chi connectivity index (χ0v) is 14.7. The minimum absolute atomic E-state index is 0.369. The van der Waals surface area contributed by atoms with E-state index < -0.39 is 6.10 Å². The summed E-state index contributed by atoms with van der Waals surface area (Å²) >= 11 is 0. The fraction of sp³-hybridized carbons (Fsp3) is 0.316. The lowest BCUT2D eigenvalue weighted by Crippen LogP contribution is -2.16. The summed E-state index contributed by atoms with van der Waals surface area (Å²) in [7, 11) is 3.69. The number of carbonyl (C=O) groups excluding carboxylic acids is 1.